The van der Waals surface area contributed by atoms with Crippen LogP contribution in [0.4, 0.5) is 5.69 Å². The van der Waals surface area contributed by atoms with Crippen molar-refractivity contribution < 1.29 is 4.57 Å². The van der Waals surface area contributed by atoms with Gasteiger partial charge in [-0.15, -0.1) is 0 Å². The lowest BCUT2D eigenvalue weighted by molar-refractivity contribution is -0.669. The zero-order chi connectivity index (χ0) is 17.8. The lowest BCUT2D eigenvalue weighted by Gasteiger charge is -2.28. The summed E-state index contributed by atoms with van der Waals surface area (Å²) in [7, 11) is 0. The molecule has 1 aromatic heterocycles. The first-order valence-corrected chi connectivity index (χ1v) is 9.80. The summed E-state index contributed by atoms with van der Waals surface area (Å²) < 4.78 is 2.37. The van der Waals surface area contributed by atoms with Crippen molar-refractivity contribution in [2.45, 2.75) is 32.7 Å². The number of para-hydroxylation sites is 1. The lowest BCUT2D eigenvalue weighted by atomic mass is 10.1. The van der Waals surface area contributed by atoms with Crippen molar-refractivity contribution in [1.82, 2.24) is 0 Å². The first-order chi connectivity index (χ1) is 12.8. The molecule has 2 heterocycles. The van der Waals surface area contributed by atoms with Gasteiger partial charge in [0.25, 0.3) is 0 Å². The third kappa shape index (κ3) is 3.50. The average molecular weight is 343 g/mol. The fourth-order valence-electron chi connectivity index (χ4n) is 3.91. The fraction of sp³-hybridized carbons (Fsp3) is 0.292. The highest BCUT2D eigenvalue weighted by molar-refractivity contribution is 5.77. The van der Waals surface area contributed by atoms with Crippen LogP contribution in [0.1, 0.15) is 37.4 Å². The third-order valence-electron chi connectivity index (χ3n) is 5.35. The Labute approximate surface area is 156 Å². The van der Waals surface area contributed by atoms with Crippen LogP contribution in [-0.4, -0.2) is 13.1 Å². The van der Waals surface area contributed by atoms with Gasteiger partial charge in [-0.3, -0.25) is 0 Å². The van der Waals surface area contributed by atoms with Crippen molar-refractivity contribution in [3.8, 4) is 0 Å². The number of aryl methyl sites for hydroxylation is 1. The first kappa shape index (κ1) is 16.8. The molecule has 0 amide bonds. The van der Waals surface area contributed by atoms with Gasteiger partial charge < -0.3 is 4.90 Å². The van der Waals surface area contributed by atoms with Crippen LogP contribution in [0.3, 0.4) is 0 Å². The number of hydrogen-bond donors (Lipinski definition) is 0. The van der Waals surface area contributed by atoms with E-state index < -0.39 is 0 Å². The molecule has 0 spiro atoms. The van der Waals surface area contributed by atoms with Gasteiger partial charge in [-0.05, 0) is 62.1 Å². The molecule has 132 valence electrons. The molecule has 0 unspecified atom stereocenters. The van der Waals surface area contributed by atoms with E-state index >= 15 is 0 Å². The highest BCUT2D eigenvalue weighted by Gasteiger charge is 2.12. The maximum atomic E-state index is 2.51. The van der Waals surface area contributed by atoms with Gasteiger partial charge in [-0.25, -0.2) is 0 Å². The van der Waals surface area contributed by atoms with Crippen molar-refractivity contribution in [3.63, 3.8) is 0 Å². The number of aromatic nitrogens is 1. The molecule has 1 aliphatic heterocycles. The lowest BCUT2D eigenvalue weighted by Crippen LogP contribution is -2.36. The second-order valence-corrected chi connectivity index (χ2v) is 7.03. The van der Waals surface area contributed by atoms with Crippen molar-refractivity contribution >= 4 is 28.7 Å². The summed E-state index contributed by atoms with van der Waals surface area (Å²) in [6.07, 6.45) is 8.46. The van der Waals surface area contributed by atoms with E-state index in [1.54, 1.807) is 0 Å². The number of rotatable bonds is 4. The van der Waals surface area contributed by atoms with Crippen LogP contribution in [0.15, 0.2) is 60.7 Å². The van der Waals surface area contributed by atoms with Gasteiger partial charge >= 0.3 is 0 Å². The van der Waals surface area contributed by atoms with Gasteiger partial charge in [-0.2, -0.15) is 4.57 Å². The number of fused-ring (bicyclic) bond motifs is 1. The van der Waals surface area contributed by atoms with Crippen LogP contribution in [0.5, 0.6) is 0 Å². The molecule has 0 N–H and O–H groups in total. The number of pyridine rings is 1. The van der Waals surface area contributed by atoms with Gasteiger partial charge in [0.05, 0.1) is 0 Å². The van der Waals surface area contributed by atoms with Crippen molar-refractivity contribution in [1.29, 1.82) is 0 Å². The molecular weight excluding hydrogens is 316 g/mol. The number of piperidine rings is 1. The fourth-order valence-corrected chi connectivity index (χ4v) is 3.91. The highest BCUT2D eigenvalue weighted by Crippen LogP contribution is 2.21. The van der Waals surface area contributed by atoms with E-state index in [9.17, 15) is 0 Å². The standard InChI is InChI=1S/C24H27N2/c1-2-26-23(17-13-21-8-4-5-9-24(21)26)16-12-20-10-14-22(15-11-20)25-18-6-3-7-19-25/h4-5,8-17H,2-3,6-7,18-19H2,1H3/q+1. The third-order valence-corrected chi connectivity index (χ3v) is 5.35. The Bertz CT molecular complexity index is 903. The van der Waals surface area contributed by atoms with E-state index in [2.05, 4.69) is 89.2 Å². The molecule has 1 aliphatic rings. The highest BCUT2D eigenvalue weighted by atomic mass is 15.1. The minimum Gasteiger partial charge on any atom is -0.372 e. The second-order valence-electron chi connectivity index (χ2n) is 7.03. The van der Waals surface area contributed by atoms with Gasteiger partial charge in [0.2, 0.25) is 11.2 Å². The molecule has 0 saturated carbocycles. The summed E-state index contributed by atoms with van der Waals surface area (Å²) >= 11 is 0. The maximum Gasteiger partial charge on any atom is 0.212 e. The van der Waals surface area contributed by atoms with E-state index in [-0.39, 0.29) is 0 Å². The Morgan fingerprint density at radius 3 is 2.38 bits per heavy atom. The van der Waals surface area contributed by atoms with E-state index in [4.69, 9.17) is 0 Å². The molecule has 26 heavy (non-hydrogen) atoms. The zero-order valence-corrected chi connectivity index (χ0v) is 15.6. The van der Waals surface area contributed by atoms with Gasteiger partial charge in [-0.1, -0.05) is 24.3 Å². The first-order valence-electron chi connectivity index (χ1n) is 9.80. The number of anilines is 1. The summed E-state index contributed by atoms with van der Waals surface area (Å²) in [6, 6.07) is 22.0. The average Bonchev–Trinajstić information content (AvgIpc) is 2.72. The Morgan fingerprint density at radius 1 is 0.846 bits per heavy atom. The minimum atomic E-state index is 0.967. The van der Waals surface area contributed by atoms with Gasteiger partial charge in [0.15, 0.2) is 0 Å². The largest absolute Gasteiger partial charge is 0.372 e. The molecule has 3 aromatic rings. The zero-order valence-electron chi connectivity index (χ0n) is 15.6. The smallest absolute Gasteiger partial charge is 0.212 e. The van der Waals surface area contributed by atoms with Crippen molar-refractivity contribution in [2.75, 3.05) is 18.0 Å². The van der Waals surface area contributed by atoms with E-state index in [0.29, 0.717) is 0 Å². The van der Waals surface area contributed by atoms with Crippen LogP contribution in [-0.2, 0) is 6.54 Å². The predicted molar refractivity (Wildman–Crippen MR) is 111 cm³/mol. The SMILES string of the molecule is CC[n+]1c(/C=C/c2ccc(N3CCCCC3)cc2)ccc2ccccc21. The van der Waals surface area contributed by atoms with Crippen LogP contribution in [0.2, 0.25) is 0 Å². The molecule has 2 nitrogen and oxygen atoms in total. The number of hydrogen-bond acceptors (Lipinski definition) is 1. The summed E-state index contributed by atoms with van der Waals surface area (Å²) in [5.41, 5.74) is 5.14. The summed E-state index contributed by atoms with van der Waals surface area (Å²) in [5, 5.41) is 1.29. The van der Waals surface area contributed by atoms with Crippen LogP contribution >= 0.6 is 0 Å². The number of nitrogens with zero attached hydrogens (tertiary/aromatic N) is 2. The molecule has 1 fully saturated rings. The number of benzene rings is 2. The molecule has 0 aliphatic carbocycles. The Hall–Kier alpha value is -2.61. The Balaban J connectivity index is 1.57. The topological polar surface area (TPSA) is 7.12 Å². The normalized spacial score (nSPS) is 15.0. The predicted octanol–water partition coefficient (Wildman–Crippen LogP) is 5.31. The van der Waals surface area contributed by atoms with Crippen molar-refractivity contribution in [3.05, 3.63) is 71.9 Å². The van der Waals surface area contributed by atoms with E-state index in [1.807, 2.05) is 0 Å². The molecule has 0 atom stereocenters. The van der Waals surface area contributed by atoms with Gasteiger partial charge in [0.1, 0.15) is 6.54 Å². The molecule has 2 aromatic carbocycles. The van der Waals surface area contributed by atoms with E-state index in [1.165, 1.54) is 60.2 Å². The Morgan fingerprint density at radius 2 is 1.62 bits per heavy atom. The quantitative estimate of drug-likeness (QED) is 0.583. The van der Waals surface area contributed by atoms with Crippen LogP contribution < -0.4 is 9.47 Å². The summed E-state index contributed by atoms with van der Waals surface area (Å²) in [5.74, 6) is 0. The van der Waals surface area contributed by atoms with Crippen LogP contribution in [0, 0.1) is 0 Å². The molecule has 1 saturated heterocycles. The van der Waals surface area contributed by atoms with Gasteiger partial charge in [0, 0.05) is 42.4 Å². The maximum absolute atomic E-state index is 2.51. The second kappa shape index (κ2) is 7.74. The molecule has 0 radical (unpaired) electrons. The summed E-state index contributed by atoms with van der Waals surface area (Å²) in [4.78, 5) is 2.51. The minimum absolute atomic E-state index is 0.967. The van der Waals surface area contributed by atoms with E-state index in [0.717, 1.165) is 6.54 Å². The summed E-state index contributed by atoms with van der Waals surface area (Å²) in [6.45, 7) is 5.57. The molecule has 0 bridgehead atoms. The van der Waals surface area contributed by atoms with Crippen molar-refractivity contribution in [2.24, 2.45) is 0 Å². The molecular formula is C24H27N2+. The monoisotopic (exact) mass is 343 g/mol. The van der Waals surface area contributed by atoms with Crippen LogP contribution in [0.25, 0.3) is 23.1 Å². The Kier molecular flexibility index (Phi) is 5.01. The molecule has 2 heteroatoms. The molecule has 4 rings (SSSR count).